The van der Waals surface area contributed by atoms with E-state index in [0.717, 1.165) is 5.56 Å². The number of hydrogen-bond acceptors (Lipinski definition) is 5. The van der Waals surface area contributed by atoms with Gasteiger partial charge in [0.1, 0.15) is 6.04 Å². The fourth-order valence-electron chi connectivity index (χ4n) is 2.52. The summed E-state index contributed by atoms with van der Waals surface area (Å²) in [7, 11) is 0. The van der Waals surface area contributed by atoms with Gasteiger partial charge in [0.2, 0.25) is 11.8 Å². The van der Waals surface area contributed by atoms with Crippen LogP contribution in [0.15, 0.2) is 40.9 Å². The first-order valence-corrected chi connectivity index (χ1v) is 7.36. The highest BCUT2D eigenvalue weighted by molar-refractivity contribution is 5.82. The molecule has 1 aliphatic rings. The lowest BCUT2D eigenvalue weighted by atomic mass is 10.2. The first-order valence-electron chi connectivity index (χ1n) is 7.36. The van der Waals surface area contributed by atoms with Crippen LogP contribution >= 0.6 is 0 Å². The van der Waals surface area contributed by atoms with E-state index in [1.807, 2.05) is 37.3 Å². The molecule has 1 amide bonds. The van der Waals surface area contributed by atoms with Gasteiger partial charge in [-0.05, 0) is 13.3 Å². The first-order chi connectivity index (χ1) is 10.6. The summed E-state index contributed by atoms with van der Waals surface area (Å²) in [5.74, 6) is 0.986. The van der Waals surface area contributed by atoms with E-state index in [0.29, 0.717) is 24.6 Å². The van der Waals surface area contributed by atoms with Crippen LogP contribution in [-0.4, -0.2) is 34.7 Å². The Kier molecular flexibility index (Phi) is 4.22. The van der Waals surface area contributed by atoms with Crippen molar-refractivity contribution < 1.29 is 14.3 Å². The second-order valence-electron chi connectivity index (χ2n) is 5.51. The number of nitrogens with zero attached hydrogens (tertiary/aromatic N) is 1. The van der Waals surface area contributed by atoms with Gasteiger partial charge in [0.25, 0.3) is 0 Å². The van der Waals surface area contributed by atoms with Crippen molar-refractivity contribution >= 4 is 5.91 Å². The number of amides is 1. The van der Waals surface area contributed by atoms with Gasteiger partial charge in [-0.2, -0.15) is 0 Å². The van der Waals surface area contributed by atoms with Gasteiger partial charge >= 0.3 is 0 Å². The summed E-state index contributed by atoms with van der Waals surface area (Å²) >= 11 is 0. The average molecular weight is 301 g/mol. The highest BCUT2D eigenvalue weighted by atomic mass is 16.4. The number of carbonyl (C=O) groups is 1. The smallest absolute Gasteiger partial charge is 0.237 e. The van der Waals surface area contributed by atoms with E-state index in [-0.39, 0.29) is 18.0 Å². The molecule has 1 aromatic heterocycles. The zero-order valence-corrected chi connectivity index (χ0v) is 12.3. The Labute approximate surface area is 128 Å². The molecule has 116 valence electrons. The number of carbonyl (C=O) groups excluding carboxylic acids is 1. The minimum absolute atomic E-state index is 0.150. The minimum atomic E-state index is -0.461. The Bertz CT molecular complexity index is 641. The quantitative estimate of drug-likeness (QED) is 0.791. The van der Waals surface area contributed by atoms with E-state index in [2.05, 4.69) is 15.6 Å². The van der Waals surface area contributed by atoms with Gasteiger partial charge in [0.15, 0.2) is 5.76 Å². The standard InChI is InChI=1S/C16H19N3O3/c1-10(19-15(21)13-7-12(20)8-17-13)16-18-9-14(22-16)11-5-3-2-4-6-11/h2-6,9-10,12-13,17,20H,7-8H2,1H3,(H,19,21). The summed E-state index contributed by atoms with van der Waals surface area (Å²) in [5, 5.41) is 15.3. The van der Waals surface area contributed by atoms with Crippen LogP contribution in [0.2, 0.25) is 0 Å². The molecule has 3 atom stereocenters. The SMILES string of the molecule is CC(NC(=O)C1CC(O)CN1)c1ncc(-c2ccccc2)o1. The van der Waals surface area contributed by atoms with Gasteiger partial charge in [-0.3, -0.25) is 4.79 Å². The number of hydrogen-bond donors (Lipinski definition) is 3. The molecule has 6 nitrogen and oxygen atoms in total. The Morgan fingerprint density at radius 1 is 1.45 bits per heavy atom. The van der Waals surface area contributed by atoms with Gasteiger partial charge in [-0.25, -0.2) is 4.98 Å². The fourth-order valence-corrected chi connectivity index (χ4v) is 2.52. The molecule has 2 aromatic rings. The maximum atomic E-state index is 12.1. The van der Waals surface area contributed by atoms with E-state index >= 15 is 0 Å². The molecule has 0 radical (unpaired) electrons. The van der Waals surface area contributed by atoms with Gasteiger partial charge < -0.3 is 20.2 Å². The van der Waals surface area contributed by atoms with Crippen molar-refractivity contribution in [3.8, 4) is 11.3 Å². The summed E-state index contributed by atoms with van der Waals surface area (Å²) in [6.45, 7) is 2.27. The van der Waals surface area contributed by atoms with Crippen LogP contribution < -0.4 is 10.6 Å². The van der Waals surface area contributed by atoms with Gasteiger partial charge in [-0.1, -0.05) is 30.3 Å². The van der Waals surface area contributed by atoms with Crippen LogP contribution in [0.5, 0.6) is 0 Å². The van der Waals surface area contributed by atoms with E-state index in [9.17, 15) is 9.90 Å². The van der Waals surface area contributed by atoms with Crippen molar-refractivity contribution in [3.63, 3.8) is 0 Å². The highest BCUT2D eigenvalue weighted by Crippen LogP contribution is 2.22. The second kappa shape index (κ2) is 6.29. The third kappa shape index (κ3) is 3.18. The number of aliphatic hydroxyl groups excluding tert-OH is 1. The Balaban J connectivity index is 1.64. The summed E-state index contributed by atoms with van der Waals surface area (Å²) in [5.41, 5.74) is 0.945. The van der Waals surface area contributed by atoms with Crippen LogP contribution in [0.3, 0.4) is 0 Å². The lowest BCUT2D eigenvalue weighted by Crippen LogP contribution is -2.41. The number of rotatable bonds is 4. The van der Waals surface area contributed by atoms with E-state index in [1.54, 1.807) is 6.20 Å². The van der Waals surface area contributed by atoms with E-state index < -0.39 is 6.10 Å². The molecule has 0 saturated carbocycles. The third-order valence-electron chi connectivity index (χ3n) is 3.74. The summed E-state index contributed by atoms with van der Waals surface area (Å²) in [6, 6.07) is 8.99. The average Bonchev–Trinajstić information content (AvgIpc) is 3.17. The fraction of sp³-hybridized carbons (Fsp3) is 0.375. The summed E-state index contributed by atoms with van der Waals surface area (Å²) < 4.78 is 5.72. The van der Waals surface area contributed by atoms with Crippen molar-refractivity contribution in [2.45, 2.75) is 31.5 Å². The minimum Gasteiger partial charge on any atom is -0.438 e. The lowest BCUT2D eigenvalue weighted by Gasteiger charge is -2.14. The van der Waals surface area contributed by atoms with Crippen LogP contribution in [0.1, 0.15) is 25.3 Å². The molecule has 1 aromatic carbocycles. The molecule has 6 heteroatoms. The summed E-state index contributed by atoms with van der Waals surface area (Å²) in [6.07, 6.45) is 1.63. The molecular weight excluding hydrogens is 282 g/mol. The van der Waals surface area contributed by atoms with Gasteiger partial charge in [0, 0.05) is 12.1 Å². The van der Waals surface area contributed by atoms with E-state index in [4.69, 9.17) is 4.42 Å². The molecule has 2 heterocycles. The van der Waals surface area contributed by atoms with Crippen molar-refractivity contribution in [2.24, 2.45) is 0 Å². The molecule has 3 N–H and O–H groups in total. The monoisotopic (exact) mass is 301 g/mol. The lowest BCUT2D eigenvalue weighted by molar-refractivity contribution is -0.123. The topological polar surface area (TPSA) is 87.4 Å². The molecule has 1 fully saturated rings. The van der Waals surface area contributed by atoms with Crippen LogP contribution in [0.25, 0.3) is 11.3 Å². The molecule has 0 bridgehead atoms. The molecule has 22 heavy (non-hydrogen) atoms. The zero-order chi connectivity index (χ0) is 15.5. The van der Waals surface area contributed by atoms with Gasteiger partial charge in [0.05, 0.1) is 18.3 Å². The molecule has 0 aliphatic carbocycles. The van der Waals surface area contributed by atoms with Crippen LogP contribution in [-0.2, 0) is 4.79 Å². The van der Waals surface area contributed by atoms with E-state index in [1.165, 1.54) is 0 Å². The zero-order valence-electron chi connectivity index (χ0n) is 12.3. The molecule has 3 rings (SSSR count). The van der Waals surface area contributed by atoms with Crippen molar-refractivity contribution in [1.82, 2.24) is 15.6 Å². The molecule has 1 aliphatic heterocycles. The second-order valence-corrected chi connectivity index (χ2v) is 5.51. The molecule has 3 unspecified atom stereocenters. The molecular formula is C16H19N3O3. The number of β-amino-alcohol motifs (C(OH)–C–C–N with tert-alkyl or cyclic N) is 1. The Hall–Kier alpha value is -2.18. The van der Waals surface area contributed by atoms with Crippen molar-refractivity contribution in [3.05, 3.63) is 42.4 Å². The maximum absolute atomic E-state index is 12.1. The number of oxazole rings is 1. The number of nitrogens with one attached hydrogen (secondary N) is 2. The number of benzene rings is 1. The van der Waals surface area contributed by atoms with Crippen LogP contribution in [0, 0.1) is 0 Å². The third-order valence-corrected chi connectivity index (χ3v) is 3.74. The predicted octanol–water partition coefficient (Wildman–Crippen LogP) is 1.24. The van der Waals surface area contributed by atoms with Crippen LogP contribution in [0.4, 0.5) is 0 Å². The largest absolute Gasteiger partial charge is 0.438 e. The normalized spacial score (nSPS) is 22.5. The Morgan fingerprint density at radius 3 is 2.91 bits per heavy atom. The first kappa shape index (κ1) is 14.7. The number of aliphatic hydroxyl groups is 1. The molecule has 0 spiro atoms. The van der Waals surface area contributed by atoms with Gasteiger partial charge in [-0.15, -0.1) is 0 Å². The summed E-state index contributed by atoms with van der Waals surface area (Å²) in [4.78, 5) is 16.3. The Morgan fingerprint density at radius 2 is 2.23 bits per heavy atom. The predicted molar refractivity (Wildman–Crippen MR) is 80.9 cm³/mol. The molecule has 1 saturated heterocycles. The van der Waals surface area contributed by atoms with Crippen molar-refractivity contribution in [1.29, 1.82) is 0 Å². The highest BCUT2D eigenvalue weighted by Gasteiger charge is 2.29. The van der Waals surface area contributed by atoms with Crippen molar-refractivity contribution in [2.75, 3.05) is 6.54 Å². The number of aromatic nitrogens is 1. The maximum Gasteiger partial charge on any atom is 0.237 e.